The second kappa shape index (κ2) is 9.87. The normalized spacial score (nSPS) is 10.4. The quantitative estimate of drug-likeness (QED) is 0.438. The van der Waals surface area contributed by atoms with Crippen molar-refractivity contribution in [3.8, 4) is 5.75 Å². The number of hydrazone groups is 1. The highest BCUT2D eigenvalue weighted by Crippen LogP contribution is 2.10. The molecular weight excluding hydrogens is 318 g/mol. The maximum atomic E-state index is 11.7. The Balaban J connectivity index is 1.68. The van der Waals surface area contributed by atoms with Crippen LogP contribution in [0.1, 0.15) is 17.5 Å². The standard InChI is InChI=1S/C19H21N3O3/c1-25-17-9-5-8-16(12-17)14-21-22-19(24)13-18(23)20-11-10-15-6-3-2-4-7-15/h2-9,12,14H,10-11,13H2,1H3,(H,20,23)(H,22,24)/b21-14-. The van der Waals surface area contributed by atoms with Crippen molar-refractivity contribution in [1.29, 1.82) is 0 Å². The molecule has 0 bridgehead atoms. The minimum absolute atomic E-state index is 0.260. The molecule has 2 aromatic rings. The van der Waals surface area contributed by atoms with E-state index in [-0.39, 0.29) is 12.3 Å². The zero-order valence-corrected chi connectivity index (χ0v) is 14.1. The number of benzene rings is 2. The monoisotopic (exact) mass is 339 g/mol. The number of carbonyl (C=O) groups excluding carboxylic acids is 2. The van der Waals surface area contributed by atoms with Gasteiger partial charge in [-0.1, -0.05) is 42.5 Å². The molecule has 0 aliphatic carbocycles. The summed E-state index contributed by atoms with van der Waals surface area (Å²) in [7, 11) is 1.58. The number of carbonyl (C=O) groups is 2. The van der Waals surface area contributed by atoms with Crippen LogP contribution in [-0.4, -0.2) is 31.7 Å². The molecule has 0 heterocycles. The van der Waals surface area contributed by atoms with Gasteiger partial charge in [-0.25, -0.2) is 5.43 Å². The lowest BCUT2D eigenvalue weighted by molar-refractivity contribution is -0.129. The van der Waals surface area contributed by atoms with Crippen LogP contribution in [0, 0.1) is 0 Å². The van der Waals surface area contributed by atoms with Gasteiger partial charge < -0.3 is 10.1 Å². The molecule has 2 aromatic carbocycles. The van der Waals surface area contributed by atoms with E-state index in [9.17, 15) is 9.59 Å². The van der Waals surface area contributed by atoms with Gasteiger partial charge in [0, 0.05) is 6.54 Å². The van der Waals surface area contributed by atoms with Crippen LogP contribution in [-0.2, 0) is 16.0 Å². The number of hydrogen-bond donors (Lipinski definition) is 2. The summed E-state index contributed by atoms with van der Waals surface area (Å²) in [5.41, 5.74) is 4.26. The molecule has 0 fully saturated rings. The number of hydrogen-bond acceptors (Lipinski definition) is 4. The van der Waals surface area contributed by atoms with E-state index >= 15 is 0 Å². The zero-order valence-electron chi connectivity index (χ0n) is 14.1. The van der Waals surface area contributed by atoms with Crippen LogP contribution in [0.25, 0.3) is 0 Å². The lowest BCUT2D eigenvalue weighted by Gasteiger charge is -2.05. The molecule has 0 spiro atoms. The van der Waals surface area contributed by atoms with Crippen LogP contribution < -0.4 is 15.5 Å². The lowest BCUT2D eigenvalue weighted by atomic mass is 10.1. The largest absolute Gasteiger partial charge is 0.497 e. The van der Waals surface area contributed by atoms with E-state index in [2.05, 4.69) is 15.8 Å². The molecule has 6 nitrogen and oxygen atoms in total. The van der Waals surface area contributed by atoms with Gasteiger partial charge in [-0.15, -0.1) is 0 Å². The maximum Gasteiger partial charge on any atom is 0.249 e. The molecule has 0 atom stereocenters. The second-order valence-electron chi connectivity index (χ2n) is 5.33. The first-order chi connectivity index (χ1) is 12.2. The predicted octanol–water partition coefficient (Wildman–Crippen LogP) is 1.89. The van der Waals surface area contributed by atoms with Crippen molar-refractivity contribution in [1.82, 2.24) is 10.7 Å². The van der Waals surface area contributed by atoms with Crippen molar-refractivity contribution in [3.05, 3.63) is 65.7 Å². The van der Waals surface area contributed by atoms with Crippen molar-refractivity contribution >= 4 is 18.0 Å². The van der Waals surface area contributed by atoms with E-state index in [0.717, 1.165) is 17.5 Å². The minimum Gasteiger partial charge on any atom is -0.497 e. The summed E-state index contributed by atoms with van der Waals surface area (Å²) in [5.74, 6) is -0.0885. The fraction of sp³-hybridized carbons (Fsp3) is 0.211. The Hall–Kier alpha value is -3.15. The molecule has 6 heteroatoms. The van der Waals surface area contributed by atoms with Crippen LogP contribution in [0.2, 0.25) is 0 Å². The minimum atomic E-state index is -0.462. The molecule has 0 saturated carbocycles. The first kappa shape index (κ1) is 18.2. The summed E-state index contributed by atoms with van der Waals surface area (Å²) in [5, 5.41) is 6.55. The first-order valence-corrected chi connectivity index (χ1v) is 7.94. The van der Waals surface area contributed by atoms with Gasteiger partial charge in [0.15, 0.2) is 0 Å². The molecule has 0 unspecified atom stereocenters. The Morgan fingerprint density at radius 3 is 2.64 bits per heavy atom. The third-order valence-corrected chi connectivity index (χ3v) is 3.40. The van der Waals surface area contributed by atoms with Crippen molar-refractivity contribution in [2.45, 2.75) is 12.8 Å². The molecule has 0 saturated heterocycles. The molecule has 2 rings (SSSR count). The highest BCUT2D eigenvalue weighted by molar-refractivity contribution is 5.97. The van der Waals surface area contributed by atoms with Crippen LogP contribution >= 0.6 is 0 Å². The highest BCUT2D eigenvalue weighted by atomic mass is 16.5. The van der Waals surface area contributed by atoms with E-state index in [1.54, 1.807) is 13.2 Å². The fourth-order valence-electron chi connectivity index (χ4n) is 2.14. The molecule has 0 radical (unpaired) electrons. The van der Waals surface area contributed by atoms with Gasteiger partial charge in [0.05, 0.1) is 13.3 Å². The summed E-state index contributed by atoms with van der Waals surface area (Å²) in [6, 6.07) is 17.1. The molecule has 130 valence electrons. The number of amides is 2. The number of nitrogens with one attached hydrogen (secondary N) is 2. The summed E-state index contributed by atoms with van der Waals surface area (Å²) in [6.07, 6.45) is 1.96. The Kier molecular flexibility index (Phi) is 7.18. The summed E-state index contributed by atoms with van der Waals surface area (Å²) in [6.45, 7) is 0.489. The number of nitrogens with zero attached hydrogens (tertiary/aromatic N) is 1. The van der Waals surface area contributed by atoms with E-state index in [1.807, 2.05) is 48.5 Å². The van der Waals surface area contributed by atoms with E-state index in [1.165, 1.54) is 6.21 Å². The zero-order chi connectivity index (χ0) is 17.9. The van der Waals surface area contributed by atoms with Gasteiger partial charge in [0.25, 0.3) is 0 Å². The number of methoxy groups -OCH3 is 1. The number of rotatable bonds is 8. The van der Waals surface area contributed by atoms with Crippen molar-refractivity contribution in [2.24, 2.45) is 5.10 Å². The summed E-state index contributed by atoms with van der Waals surface area (Å²) < 4.78 is 5.10. The summed E-state index contributed by atoms with van der Waals surface area (Å²) in [4.78, 5) is 23.4. The average Bonchev–Trinajstić information content (AvgIpc) is 2.63. The predicted molar refractivity (Wildman–Crippen MR) is 96.5 cm³/mol. The Morgan fingerprint density at radius 2 is 1.88 bits per heavy atom. The molecule has 0 aliphatic rings. The van der Waals surface area contributed by atoms with Gasteiger partial charge in [0.2, 0.25) is 11.8 Å². The number of ether oxygens (including phenoxy) is 1. The van der Waals surface area contributed by atoms with Crippen LogP contribution in [0.15, 0.2) is 59.7 Å². The Morgan fingerprint density at radius 1 is 1.08 bits per heavy atom. The van der Waals surface area contributed by atoms with E-state index in [4.69, 9.17) is 4.74 Å². The maximum absolute atomic E-state index is 11.7. The molecule has 2 amide bonds. The van der Waals surface area contributed by atoms with E-state index in [0.29, 0.717) is 12.3 Å². The lowest BCUT2D eigenvalue weighted by Crippen LogP contribution is -2.31. The Labute approximate surface area is 146 Å². The third kappa shape index (κ3) is 6.87. The van der Waals surface area contributed by atoms with Crippen molar-refractivity contribution in [2.75, 3.05) is 13.7 Å². The molecule has 25 heavy (non-hydrogen) atoms. The highest BCUT2D eigenvalue weighted by Gasteiger charge is 2.07. The molecular formula is C19H21N3O3. The van der Waals surface area contributed by atoms with Gasteiger partial charge in [-0.3, -0.25) is 9.59 Å². The van der Waals surface area contributed by atoms with Crippen molar-refractivity contribution < 1.29 is 14.3 Å². The van der Waals surface area contributed by atoms with Crippen molar-refractivity contribution in [3.63, 3.8) is 0 Å². The van der Waals surface area contributed by atoms with Gasteiger partial charge in [0.1, 0.15) is 12.2 Å². The smallest absolute Gasteiger partial charge is 0.249 e. The molecule has 0 aliphatic heterocycles. The van der Waals surface area contributed by atoms with Crippen LogP contribution in [0.3, 0.4) is 0 Å². The first-order valence-electron chi connectivity index (χ1n) is 7.94. The van der Waals surface area contributed by atoms with Crippen LogP contribution in [0.5, 0.6) is 5.75 Å². The topological polar surface area (TPSA) is 79.8 Å². The van der Waals surface area contributed by atoms with Gasteiger partial charge in [-0.05, 0) is 29.7 Å². The fourth-order valence-corrected chi connectivity index (χ4v) is 2.14. The SMILES string of the molecule is COc1cccc(/C=N\NC(=O)CC(=O)NCCc2ccccc2)c1. The average molecular weight is 339 g/mol. The molecule has 0 aromatic heterocycles. The van der Waals surface area contributed by atoms with Gasteiger partial charge in [-0.2, -0.15) is 5.10 Å². The molecule has 2 N–H and O–H groups in total. The van der Waals surface area contributed by atoms with Gasteiger partial charge >= 0.3 is 0 Å². The summed E-state index contributed by atoms with van der Waals surface area (Å²) >= 11 is 0. The third-order valence-electron chi connectivity index (χ3n) is 3.40. The van der Waals surface area contributed by atoms with Crippen LogP contribution in [0.4, 0.5) is 0 Å². The second-order valence-corrected chi connectivity index (χ2v) is 5.33. The van der Waals surface area contributed by atoms with E-state index < -0.39 is 5.91 Å². The Bertz CT molecular complexity index is 730.